The Bertz CT molecular complexity index is 470. The molecule has 0 spiro atoms. The molecule has 5 heteroatoms. The molecule has 0 unspecified atom stereocenters. The third-order valence-electron chi connectivity index (χ3n) is 3.70. The lowest BCUT2D eigenvalue weighted by atomic mass is 9.85. The summed E-state index contributed by atoms with van der Waals surface area (Å²) in [4.78, 5) is 13.3. The van der Waals surface area contributed by atoms with Crippen LogP contribution in [0.25, 0.3) is 0 Å². The fourth-order valence-corrected chi connectivity index (χ4v) is 2.70. The van der Waals surface area contributed by atoms with Gasteiger partial charge in [-0.2, -0.15) is 0 Å². The van der Waals surface area contributed by atoms with Gasteiger partial charge in [0.15, 0.2) is 0 Å². The van der Waals surface area contributed by atoms with Crippen LogP contribution in [0.1, 0.15) is 25.3 Å². The van der Waals surface area contributed by atoms with E-state index in [1.165, 1.54) is 0 Å². The molecule has 4 nitrogen and oxygen atoms in total. The molecule has 20 heavy (non-hydrogen) atoms. The Labute approximate surface area is 124 Å². The lowest BCUT2D eigenvalue weighted by molar-refractivity contribution is -0.0194. The minimum atomic E-state index is -0.798. The molecule has 0 bridgehead atoms. The van der Waals surface area contributed by atoms with Crippen molar-refractivity contribution in [3.8, 4) is 0 Å². The van der Waals surface area contributed by atoms with Crippen molar-refractivity contribution in [3.63, 3.8) is 0 Å². The van der Waals surface area contributed by atoms with E-state index in [9.17, 15) is 9.90 Å². The molecule has 1 aromatic rings. The molecule has 1 fully saturated rings. The Morgan fingerprint density at radius 3 is 2.65 bits per heavy atom. The number of ether oxygens (including phenoxy) is 1. The highest BCUT2D eigenvalue weighted by atomic mass is 35.5. The summed E-state index contributed by atoms with van der Waals surface area (Å²) < 4.78 is 4.97. The van der Waals surface area contributed by atoms with Crippen LogP contribution in [0.4, 0.5) is 4.79 Å². The van der Waals surface area contributed by atoms with Gasteiger partial charge in [-0.05, 0) is 31.4 Å². The second kappa shape index (κ2) is 6.46. The smallest absolute Gasteiger partial charge is 0.409 e. The summed E-state index contributed by atoms with van der Waals surface area (Å²) >= 11 is 6.13. The first-order valence-electron chi connectivity index (χ1n) is 6.91. The van der Waals surface area contributed by atoms with Gasteiger partial charge < -0.3 is 14.7 Å². The summed E-state index contributed by atoms with van der Waals surface area (Å²) in [6.45, 7) is 3.19. The number of nitrogens with zero attached hydrogens (tertiary/aromatic N) is 1. The zero-order chi connectivity index (χ0) is 14.6. The van der Waals surface area contributed by atoms with Gasteiger partial charge in [-0.25, -0.2) is 4.79 Å². The number of amides is 1. The van der Waals surface area contributed by atoms with Gasteiger partial charge in [-0.15, -0.1) is 0 Å². The topological polar surface area (TPSA) is 49.8 Å². The van der Waals surface area contributed by atoms with Crippen molar-refractivity contribution in [2.75, 3.05) is 19.7 Å². The molecule has 1 amide bonds. The fourth-order valence-electron chi connectivity index (χ4n) is 2.49. The number of hydrogen-bond acceptors (Lipinski definition) is 3. The van der Waals surface area contributed by atoms with Gasteiger partial charge in [0.25, 0.3) is 0 Å². The number of hydrogen-bond donors (Lipinski definition) is 1. The highest BCUT2D eigenvalue weighted by Gasteiger charge is 2.34. The summed E-state index contributed by atoms with van der Waals surface area (Å²) in [5.41, 5.74) is 0.148. The second-order valence-corrected chi connectivity index (χ2v) is 5.59. The van der Waals surface area contributed by atoms with Crippen molar-refractivity contribution >= 4 is 17.7 Å². The van der Waals surface area contributed by atoms with Crippen LogP contribution in [0.5, 0.6) is 0 Å². The van der Waals surface area contributed by atoms with Crippen molar-refractivity contribution in [1.82, 2.24) is 4.90 Å². The average molecular weight is 298 g/mol. The Morgan fingerprint density at radius 1 is 1.40 bits per heavy atom. The third-order valence-corrected chi connectivity index (χ3v) is 4.07. The predicted molar refractivity (Wildman–Crippen MR) is 77.9 cm³/mol. The normalized spacial score (nSPS) is 17.9. The van der Waals surface area contributed by atoms with Crippen molar-refractivity contribution in [2.24, 2.45) is 0 Å². The number of aliphatic hydroxyl groups is 1. The summed E-state index contributed by atoms with van der Waals surface area (Å²) in [5.74, 6) is 0. The van der Waals surface area contributed by atoms with E-state index >= 15 is 0 Å². The summed E-state index contributed by atoms with van der Waals surface area (Å²) in [5, 5.41) is 11.3. The van der Waals surface area contributed by atoms with Crippen LogP contribution < -0.4 is 0 Å². The lowest BCUT2D eigenvalue weighted by Gasteiger charge is -2.37. The maximum absolute atomic E-state index is 11.6. The van der Waals surface area contributed by atoms with Crippen molar-refractivity contribution < 1.29 is 14.6 Å². The molecule has 0 aliphatic carbocycles. The molecule has 0 saturated carbocycles. The molecule has 0 radical (unpaired) electrons. The molecule has 1 aromatic carbocycles. The fraction of sp³-hybridized carbons (Fsp3) is 0.533. The highest BCUT2D eigenvalue weighted by Crippen LogP contribution is 2.29. The number of likely N-dealkylation sites (tertiary alicyclic amines) is 1. The van der Waals surface area contributed by atoms with Gasteiger partial charge in [0, 0.05) is 24.5 Å². The first-order chi connectivity index (χ1) is 9.54. The molecule has 1 aliphatic rings. The Hall–Kier alpha value is -1.26. The Morgan fingerprint density at radius 2 is 2.05 bits per heavy atom. The lowest BCUT2D eigenvalue weighted by Crippen LogP contribution is -2.47. The largest absolute Gasteiger partial charge is 0.450 e. The molecular weight excluding hydrogens is 278 g/mol. The number of halogens is 1. The first kappa shape index (κ1) is 15.1. The van der Waals surface area contributed by atoms with E-state index in [4.69, 9.17) is 16.3 Å². The number of rotatable bonds is 3. The molecule has 1 heterocycles. The zero-order valence-electron chi connectivity index (χ0n) is 11.6. The monoisotopic (exact) mass is 297 g/mol. The molecule has 110 valence electrons. The van der Waals surface area contributed by atoms with E-state index < -0.39 is 5.60 Å². The van der Waals surface area contributed by atoms with Gasteiger partial charge in [-0.1, -0.05) is 29.8 Å². The quantitative estimate of drug-likeness (QED) is 0.933. The third kappa shape index (κ3) is 3.64. The van der Waals surface area contributed by atoms with E-state index in [1.807, 2.05) is 24.3 Å². The Balaban J connectivity index is 1.95. The summed E-state index contributed by atoms with van der Waals surface area (Å²) in [6.07, 6.45) is 1.30. The molecule has 1 N–H and O–H groups in total. The first-order valence-corrected chi connectivity index (χ1v) is 7.29. The average Bonchev–Trinajstić information content (AvgIpc) is 2.42. The molecule has 0 atom stereocenters. The maximum Gasteiger partial charge on any atom is 0.409 e. The van der Waals surface area contributed by atoms with Crippen LogP contribution in [0, 0.1) is 0 Å². The molecular formula is C15H20ClNO3. The van der Waals surface area contributed by atoms with Crippen LogP contribution in [0.2, 0.25) is 5.02 Å². The van der Waals surface area contributed by atoms with Gasteiger partial charge in [-0.3, -0.25) is 0 Å². The molecule has 1 aliphatic heterocycles. The minimum absolute atomic E-state index is 0.299. The van der Waals surface area contributed by atoms with E-state index in [0.29, 0.717) is 44.0 Å². The number of carbonyl (C=O) groups is 1. The van der Waals surface area contributed by atoms with Gasteiger partial charge >= 0.3 is 6.09 Å². The SMILES string of the molecule is CCOC(=O)N1CCC(O)(Cc2ccccc2Cl)CC1. The van der Waals surface area contributed by atoms with Gasteiger partial charge in [0.1, 0.15) is 0 Å². The predicted octanol–water partition coefficient (Wildman–Crippen LogP) is 2.87. The van der Waals surface area contributed by atoms with Crippen molar-refractivity contribution in [1.29, 1.82) is 0 Å². The van der Waals surface area contributed by atoms with Crippen LogP contribution in [0.15, 0.2) is 24.3 Å². The molecule has 1 saturated heterocycles. The van der Waals surface area contributed by atoms with E-state index in [-0.39, 0.29) is 6.09 Å². The van der Waals surface area contributed by atoms with Crippen LogP contribution in [-0.2, 0) is 11.2 Å². The molecule has 0 aromatic heterocycles. The number of carbonyl (C=O) groups excluding carboxylic acids is 1. The van der Waals surface area contributed by atoms with Crippen LogP contribution in [-0.4, -0.2) is 41.4 Å². The molecule has 2 rings (SSSR count). The zero-order valence-corrected chi connectivity index (χ0v) is 12.4. The summed E-state index contributed by atoms with van der Waals surface area (Å²) in [7, 11) is 0. The van der Waals surface area contributed by atoms with E-state index in [0.717, 1.165) is 5.56 Å². The second-order valence-electron chi connectivity index (χ2n) is 5.18. The van der Waals surface area contributed by atoms with E-state index in [1.54, 1.807) is 11.8 Å². The van der Waals surface area contributed by atoms with Crippen LogP contribution in [0.3, 0.4) is 0 Å². The van der Waals surface area contributed by atoms with Gasteiger partial charge in [0.05, 0.1) is 12.2 Å². The minimum Gasteiger partial charge on any atom is -0.450 e. The number of benzene rings is 1. The van der Waals surface area contributed by atoms with Crippen molar-refractivity contribution in [3.05, 3.63) is 34.9 Å². The Kier molecular flexibility index (Phi) is 4.89. The summed E-state index contributed by atoms with van der Waals surface area (Å²) in [6, 6.07) is 7.55. The van der Waals surface area contributed by atoms with Crippen molar-refractivity contribution in [2.45, 2.75) is 31.8 Å². The van der Waals surface area contributed by atoms with Gasteiger partial charge in [0.2, 0.25) is 0 Å². The standard InChI is InChI=1S/C15H20ClNO3/c1-2-20-14(18)17-9-7-15(19,8-10-17)11-12-5-3-4-6-13(12)16/h3-6,19H,2,7-11H2,1H3. The number of piperidine rings is 1. The maximum atomic E-state index is 11.6. The van der Waals surface area contributed by atoms with E-state index in [2.05, 4.69) is 0 Å². The van der Waals surface area contributed by atoms with Crippen LogP contribution >= 0.6 is 11.6 Å². The highest BCUT2D eigenvalue weighted by molar-refractivity contribution is 6.31.